The fourth-order valence-corrected chi connectivity index (χ4v) is 2.73. The molecule has 1 aromatic carbocycles. The first-order valence-corrected chi connectivity index (χ1v) is 8.07. The predicted octanol–water partition coefficient (Wildman–Crippen LogP) is 4.46. The van der Waals surface area contributed by atoms with Crippen LogP contribution in [0.1, 0.15) is 27.7 Å². The highest BCUT2D eigenvalue weighted by molar-refractivity contribution is 6.42. The minimum absolute atomic E-state index is 0.0337. The lowest BCUT2D eigenvalue weighted by molar-refractivity contribution is -0.127. The molecule has 0 radical (unpaired) electrons. The zero-order valence-corrected chi connectivity index (χ0v) is 15.2. The molecule has 23 heavy (non-hydrogen) atoms. The number of allylic oxidation sites excluding steroid dienone is 1. The fourth-order valence-electron chi connectivity index (χ4n) is 2.40. The van der Waals surface area contributed by atoms with E-state index < -0.39 is 5.54 Å². The molecule has 0 atom stereocenters. The molecule has 3 N–H and O–H groups in total. The number of carbonyl (C=O) groups is 1. The summed E-state index contributed by atoms with van der Waals surface area (Å²) in [7, 11) is 0. The zero-order chi connectivity index (χ0) is 17.4. The van der Waals surface area contributed by atoms with Gasteiger partial charge in [0, 0.05) is 18.3 Å². The van der Waals surface area contributed by atoms with Gasteiger partial charge in [-0.15, -0.1) is 0 Å². The van der Waals surface area contributed by atoms with Crippen LogP contribution in [-0.2, 0) is 4.79 Å². The van der Waals surface area contributed by atoms with Gasteiger partial charge in [0.05, 0.1) is 27.0 Å². The van der Waals surface area contributed by atoms with Crippen molar-refractivity contribution in [1.82, 2.24) is 4.90 Å². The van der Waals surface area contributed by atoms with Crippen LogP contribution >= 0.6 is 23.2 Å². The van der Waals surface area contributed by atoms with Gasteiger partial charge in [-0.05, 0) is 39.8 Å². The molecule has 6 heteroatoms. The summed E-state index contributed by atoms with van der Waals surface area (Å²) in [4.78, 5) is 14.1. The quantitative estimate of drug-likeness (QED) is 0.620. The van der Waals surface area contributed by atoms with Crippen molar-refractivity contribution >= 4 is 40.5 Å². The minimum Gasteiger partial charge on any atom is -0.397 e. The number of carbonyl (C=O) groups excluding carboxylic acids is 1. The normalized spacial score (nSPS) is 16.3. The van der Waals surface area contributed by atoms with Crippen LogP contribution in [0.2, 0.25) is 10.0 Å². The lowest BCUT2D eigenvalue weighted by Crippen LogP contribution is -2.44. The van der Waals surface area contributed by atoms with Gasteiger partial charge in [-0.1, -0.05) is 34.9 Å². The Hall–Kier alpha value is -1.65. The van der Waals surface area contributed by atoms with Gasteiger partial charge in [-0.25, -0.2) is 0 Å². The van der Waals surface area contributed by atoms with Gasteiger partial charge in [-0.3, -0.25) is 4.79 Å². The van der Waals surface area contributed by atoms with E-state index in [0.29, 0.717) is 28.0 Å². The van der Waals surface area contributed by atoms with Gasteiger partial charge < -0.3 is 16.0 Å². The van der Waals surface area contributed by atoms with Crippen LogP contribution < -0.4 is 11.1 Å². The lowest BCUT2D eigenvalue weighted by atomic mass is 10.0. The highest BCUT2D eigenvalue weighted by Crippen LogP contribution is 2.36. The summed E-state index contributed by atoms with van der Waals surface area (Å²) >= 11 is 12.0. The molecule has 1 aliphatic rings. The highest BCUT2D eigenvalue weighted by atomic mass is 35.5. The fraction of sp³-hybridized carbons (Fsp3) is 0.353. The van der Waals surface area contributed by atoms with Crippen molar-refractivity contribution < 1.29 is 4.79 Å². The average Bonchev–Trinajstić information content (AvgIpc) is 2.63. The maximum Gasteiger partial charge on any atom is 0.249 e. The van der Waals surface area contributed by atoms with Crippen molar-refractivity contribution in [2.24, 2.45) is 0 Å². The summed E-state index contributed by atoms with van der Waals surface area (Å²) in [5, 5.41) is 4.03. The van der Waals surface area contributed by atoms with E-state index in [0.717, 1.165) is 5.70 Å². The van der Waals surface area contributed by atoms with Crippen molar-refractivity contribution in [3.63, 3.8) is 0 Å². The lowest BCUT2D eigenvalue weighted by Gasteiger charge is -2.34. The topological polar surface area (TPSA) is 58.4 Å². The van der Waals surface area contributed by atoms with E-state index in [-0.39, 0.29) is 5.91 Å². The third kappa shape index (κ3) is 3.65. The van der Waals surface area contributed by atoms with E-state index >= 15 is 0 Å². The molecule has 1 amide bonds. The number of nitrogens with two attached hydrogens (primary N) is 1. The number of nitrogens with zero attached hydrogens (tertiary/aromatic N) is 1. The second-order valence-corrected chi connectivity index (χ2v) is 7.14. The van der Waals surface area contributed by atoms with Crippen LogP contribution in [-0.4, -0.2) is 22.9 Å². The molecule has 0 saturated heterocycles. The Labute approximate surface area is 146 Å². The second-order valence-electron chi connectivity index (χ2n) is 6.33. The Kier molecular flexibility index (Phi) is 4.97. The molecule has 0 saturated carbocycles. The summed E-state index contributed by atoms with van der Waals surface area (Å²) in [5.74, 6) is -0.0337. The monoisotopic (exact) mass is 353 g/mol. The van der Waals surface area contributed by atoms with E-state index in [9.17, 15) is 4.79 Å². The van der Waals surface area contributed by atoms with Gasteiger partial charge in [-0.2, -0.15) is 0 Å². The number of nitrogens with one attached hydrogen (secondary N) is 1. The van der Waals surface area contributed by atoms with E-state index in [1.165, 1.54) is 5.57 Å². The average molecular weight is 354 g/mol. The molecule has 1 heterocycles. The molecule has 1 aromatic rings. The number of hydrogen-bond donors (Lipinski definition) is 2. The van der Waals surface area contributed by atoms with E-state index in [4.69, 9.17) is 28.9 Å². The molecular weight excluding hydrogens is 333 g/mol. The van der Waals surface area contributed by atoms with Crippen LogP contribution in [0.3, 0.4) is 0 Å². The molecule has 4 nitrogen and oxygen atoms in total. The van der Waals surface area contributed by atoms with Gasteiger partial charge in [0.25, 0.3) is 0 Å². The molecule has 0 bridgehead atoms. The highest BCUT2D eigenvalue weighted by Gasteiger charge is 2.39. The Morgan fingerprint density at radius 1 is 1.30 bits per heavy atom. The van der Waals surface area contributed by atoms with Crippen LogP contribution in [0.4, 0.5) is 11.4 Å². The summed E-state index contributed by atoms with van der Waals surface area (Å²) in [6.45, 7) is 8.56. The first-order chi connectivity index (χ1) is 10.6. The summed E-state index contributed by atoms with van der Waals surface area (Å²) in [6.07, 6.45) is 3.63. The third-order valence-corrected chi connectivity index (χ3v) is 4.63. The minimum atomic E-state index is -0.471. The number of benzene rings is 1. The van der Waals surface area contributed by atoms with E-state index in [1.54, 1.807) is 23.1 Å². The Balaban J connectivity index is 2.28. The van der Waals surface area contributed by atoms with Crippen LogP contribution in [0.5, 0.6) is 0 Å². The third-order valence-electron chi connectivity index (χ3n) is 3.91. The SMILES string of the molecule is CC(C)=CCN1C(=O)C=C(Nc2cc(Cl)c(Cl)cc2N)C1(C)C. The van der Waals surface area contributed by atoms with E-state index in [1.807, 2.05) is 33.8 Å². The number of nitrogen functional groups attached to an aromatic ring is 1. The molecule has 0 aromatic heterocycles. The Morgan fingerprint density at radius 3 is 2.52 bits per heavy atom. The first kappa shape index (κ1) is 17.7. The van der Waals surface area contributed by atoms with Crippen molar-refractivity contribution in [2.75, 3.05) is 17.6 Å². The maximum atomic E-state index is 12.3. The second kappa shape index (κ2) is 6.46. The summed E-state index contributed by atoms with van der Waals surface area (Å²) < 4.78 is 0. The van der Waals surface area contributed by atoms with Crippen molar-refractivity contribution in [3.8, 4) is 0 Å². The van der Waals surface area contributed by atoms with Gasteiger partial charge in [0.15, 0.2) is 0 Å². The zero-order valence-electron chi connectivity index (χ0n) is 13.7. The molecule has 0 fully saturated rings. The molecule has 124 valence electrons. The summed E-state index contributed by atoms with van der Waals surface area (Å²) in [5.41, 5.74) is 8.57. The van der Waals surface area contributed by atoms with Crippen LogP contribution in [0.15, 0.2) is 35.6 Å². The molecule has 1 aliphatic heterocycles. The molecular formula is C17H21Cl2N3O. The number of hydrogen-bond acceptors (Lipinski definition) is 3. The number of halogens is 2. The largest absolute Gasteiger partial charge is 0.397 e. The predicted molar refractivity (Wildman–Crippen MR) is 97.8 cm³/mol. The Morgan fingerprint density at radius 2 is 1.91 bits per heavy atom. The number of rotatable bonds is 4. The van der Waals surface area contributed by atoms with Crippen molar-refractivity contribution in [3.05, 3.63) is 45.6 Å². The van der Waals surface area contributed by atoms with Gasteiger partial charge in [0.1, 0.15) is 0 Å². The smallest absolute Gasteiger partial charge is 0.249 e. The molecule has 0 spiro atoms. The van der Waals surface area contributed by atoms with E-state index in [2.05, 4.69) is 5.32 Å². The number of amides is 1. The van der Waals surface area contributed by atoms with Gasteiger partial charge in [0.2, 0.25) is 5.91 Å². The Bertz CT molecular complexity index is 704. The number of anilines is 2. The summed E-state index contributed by atoms with van der Waals surface area (Å²) in [6, 6.07) is 3.26. The van der Waals surface area contributed by atoms with Crippen LogP contribution in [0.25, 0.3) is 0 Å². The maximum absolute atomic E-state index is 12.3. The van der Waals surface area contributed by atoms with Crippen LogP contribution in [0, 0.1) is 0 Å². The standard InChI is InChI=1S/C17H21Cl2N3O/c1-10(2)5-6-22-16(23)9-15(17(22,3)4)21-14-8-12(19)11(18)7-13(14)20/h5,7-9,21H,6,20H2,1-4H3. The molecule has 0 aliphatic carbocycles. The van der Waals surface area contributed by atoms with Crippen molar-refractivity contribution in [2.45, 2.75) is 33.2 Å². The molecule has 0 unspecified atom stereocenters. The van der Waals surface area contributed by atoms with Crippen molar-refractivity contribution in [1.29, 1.82) is 0 Å². The molecule has 2 rings (SSSR count). The first-order valence-electron chi connectivity index (χ1n) is 7.31. The van der Waals surface area contributed by atoms with Gasteiger partial charge >= 0.3 is 0 Å².